The van der Waals surface area contributed by atoms with Crippen LogP contribution in [0.3, 0.4) is 0 Å². The minimum atomic E-state index is 0.800. The van der Waals surface area contributed by atoms with Gasteiger partial charge in [0, 0.05) is 25.3 Å². The molecule has 0 spiro atoms. The summed E-state index contributed by atoms with van der Waals surface area (Å²) in [6.07, 6.45) is 1.03. The standard InChI is InChI=1S/C12H18ClNO/c1-10-4-5-11(12(13)8-10)9-14-6-3-7-15-2/h4-5,8,14H,3,6-7,9H2,1-2H3. The van der Waals surface area contributed by atoms with Crippen molar-refractivity contribution in [1.29, 1.82) is 0 Å². The van der Waals surface area contributed by atoms with Crippen molar-refractivity contribution >= 4 is 11.6 Å². The van der Waals surface area contributed by atoms with Crippen LogP contribution in [0.5, 0.6) is 0 Å². The van der Waals surface area contributed by atoms with Gasteiger partial charge in [0.25, 0.3) is 0 Å². The zero-order chi connectivity index (χ0) is 11.1. The van der Waals surface area contributed by atoms with Crippen molar-refractivity contribution in [3.05, 3.63) is 34.3 Å². The van der Waals surface area contributed by atoms with Crippen LogP contribution in [0.1, 0.15) is 17.5 Å². The number of halogens is 1. The molecule has 2 nitrogen and oxygen atoms in total. The van der Waals surface area contributed by atoms with E-state index >= 15 is 0 Å². The zero-order valence-electron chi connectivity index (χ0n) is 9.35. The van der Waals surface area contributed by atoms with Crippen LogP contribution in [0.25, 0.3) is 0 Å². The molecule has 0 aliphatic rings. The largest absolute Gasteiger partial charge is 0.385 e. The van der Waals surface area contributed by atoms with Crippen molar-refractivity contribution in [2.45, 2.75) is 19.9 Å². The highest BCUT2D eigenvalue weighted by atomic mass is 35.5. The number of benzene rings is 1. The van der Waals surface area contributed by atoms with E-state index in [1.54, 1.807) is 7.11 Å². The van der Waals surface area contributed by atoms with Crippen molar-refractivity contribution < 1.29 is 4.74 Å². The molecule has 1 N–H and O–H groups in total. The molecule has 84 valence electrons. The highest BCUT2D eigenvalue weighted by Crippen LogP contribution is 2.17. The van der Waals surface area contributed by atoms with Crippen molar-refractivity contribution in [2.24, 2.45) is 0 Å². The van der Waals surface area contributed by atoms with Crippen LogP contribution in [0.4, 0.5) is 0 Å². The van der Waals surface area contributed by atoms with E-state index in [-0.39, 0.29) is 0 Å². The van der Waals surface area contributed by atoms with E-state index in [0.717, 1.165) is 36.7 Å². The molecule has 0 atom stereocenters. The Hall–Kier alpha value is -0.570. The van der Waals surface area contributed by atoms with Crippen LogP contribution in [-0.2, 0) is 11.3 Å². The molecule has 0 heterocycles. The van der Waals surface area contributed by atoms with E-state index in [1.165, 1.54) is 5.56 Å². The fraction of sp³-hybridized carbons (Fsp3) is 0.500. The third-order valence-corrected chi connectivity index (χ3v) is 2.58. The number of methoxy groups -OCH3 is 1. The molecule has 0 saturated heterocycles. The monoisotopic (exact) mass is 227 g/mol. The summed E-state index contributed by atoms with van der Waals surface area (Å²) in [4.78, 5) is 0. The Bertz CT molecular complexity index is 302. The minimum absolute atomic E-state index is 0.800. The quantitative estimate of drug-likeness (QED) is 0.755. The van der Waals surface area contributed by atoms with Gasteiger partial charge >= 0.3 is 0 Å². The summed E-state index contributed by atoms with van der Waals surface area (Å²) in [5.41, 5.74) is 2.35. The van der Waals surface area contributed by atoms with Gasteiger partial charge in [-0.2, -0.15) is 0 Å². The lowest BCUT2D eigenvalue weighted by molar-refractivity contribution is 0.194. The first kappa shape index (κ1) is 12.5. The molecule has 1 rings (SSSR count). The number of aryl methyl sites for hydroxylation is 1. The molecule has 15 heavy (non-hydrogen) atoms. The Labute approximate surface area is 96.6 Å². The lowest BCUT2D eigenvalue weighted by Crippen LogP contribution is -2.16. The van der Waals surface area contributed by atoms with Gasteiger partial charge in [0.15, 0.2) is 0 Å². The van der Waals surface area contributed by atoms with E-state index in [9.17, 15) is 0 Å². The summed E-state index contributed by atoms with van der Waals surface area (Å²) in [5.74, 6) is 0. The van der Waals surface area contributed by atoms with E-state index in [1.807, 2.05) is 13.0 Å². The van der Waals surface area contributed by atoms with Crippen LogP contribution in [0, 0.1) is 6.92 Å². The fourth-order valence-electron chi connectivity index (χ4n) is 1.36. The maximum Gasteiger partial charge on any atom is 0.0474 e. The molecule has 3 heteroatoms. The molecule has 1 aromatic rings. The van der Waals surface area contributed by atoms with Gasteiger partial charge < -0.3 is 10.1 Å². The summed E-state index contributed by atoms with van der Waals surface area (Å²) in [7, 11) is 1.72. The van der Waals surface area contributed by atoms with E-state index in [0.29, 0.717) is 0 Å². The first-order chi connectivity index (χ1) is 7.24. The molecule has 0 unspecified atom stereocenters. The molecular weight excluding hydrogens is 210 g/mol. The summed E-state index contributed by atoms with van der Waals surface area (Å²) >= 11 is 6.10. The normalized spacial score (nSPS) is 10.6. The molecule has 0 saturated carbocycles. The van der Waals surface area contributed by atoms with Gasteiger partial charge in [0.05, 0.1) is 0 Å². The number of ether oxygens (including phenoxy) is 1. The van der Waals surface area contributed by atoms with Crippen molar-refractivity contribution in [3.8, 4) is 0 Å². The Morgan fingerprint density at radius 2 is 2.20 bits per heavy atom. The molecule has 0 aliphatic heterocycles. The number of nitrogens with one attached hydrogen (secondary N) is 1. The predicted octanol–water partition coefficient (Wildman–Crippen LogP) is 2.77. The van der Waals surface area contributed by atoms with E-state index in [2.05, 4.69) is 17.4 Å². The average Bonchev–Trinajstić information content (AvgIpc) is 2.20. The Balaban J connectivity index is 2.31. The Morgan fingerprint density at radius 1 is 1.40 bits per heavy atom. The van der Waals surface area contributed by atoms with Crippen LogP contribution >= 0.6 is 11.6 Å². The maximum atomic E-state index is 6.10. The molecule has 0 bridgehead atoms. The third-order valence-electron chi connectivity index (χ3n) is 2.23. The predicted molar refractivity (Wildman–Crippen MR) is 64.4 cm³/mol. The second kappa shape index (κ2) is 6.83. The van der Waals surface area contributed by atoms with Crippen LogP contribution in [0.15, 0.2) is 18.2 Å². The first-order valence-corrected chi connectivity index (χ1v) is 5.56. The van der Waals surface area contributed by atoms with E-state index in [4.69, 9.17) is 16.3 Å². The first-order valence-electron chi connectivity index (χ1n) is 5.18. The van der Waals surface area contributed by atoms with Gasteiger partial charge in [-0.3, -0.25) is 0 Å². The van der Waals surface area contributed by atoms with Gasteiger partial charge in [-0.25, -0.2) is 0 Å². The summed E-state index contributed by atoms with van der Waals surface area (Å²) < 4.78 is 4.97. The van der Waals surface area contributed by atoms with Crippen LogP contribution in [0.2, 0.25) is 5.02 Å². The molecule has 0 fully saturated rings. The second-order valence-electron chi connectivity index (χ2n) is 3.62. The lowest BCUT2D eigenvalue weighted by atomic mass is 10.1. The lowest BCUT2D eigenvalue weighted by Gasteiger charge is -2.07. The van der Waals surface area contributed by atoms with E-state index < -0.39 is 0 Å². The van der Waals surface area contributed by atoms with Crippen LogP contribution in [-0.4, -0.2) is 20.3 Å². The van der Waals surface area contributed by atoms with Gasteiger partial charge in [0.1, 0.15) is 0 Å². The highest BCUT2D eigenvalue weighted by molar-refractivity contribution is 6.31. The third kappa shape index (κ3) is 4.65. The molecule has 0 amide bonds. The minimum Gasteiger partial charge on any atom is -0.385 e. The number of rotatable bonds is 6. The molecule has 0 aromatic heterocycles. The molecular formula is C12H18ClNO. The second-order valence-corrected chi connectivity index (χ2v) is 4.03. The van der Waals surface area contributed by atoms with Gasteiger partial charge in [0.2, 0.25) is 0 Å². The fourth-order valence-corrected chi connectivity index (χ4v) is 1.66. The smallest absolute Gasteiger partial charge is 0.0474 e. The SMILES string of the molecule is COCCCNCc1ccc(C)cc1Cl. The number of hydrogen-bond acceptors (Lipinski definition) is 2. The van der Waals surface area contributed by atoms with Crippen molar-refractivity contribution in [3.63, 3.8) is 0 Å². The van der Waals surface area contributed by atoms with Gasteiger partial charge in [-0.05, 0) is 37.1 Å². The van der Waals surface area contributed by atoms with Crippen molar-refractivity contribution in [2.75, 3.05) is 20.3 Å². The number of hydrogen-bond donors (Lipinski definition) is 1. The summed E-state index contributed by atoms with van der Waals surface area (Å²) in [5, 5.41) is 4.17. The van der Waals surface area contributed by atoms with Crippen LogP contribution < -0.4 is 5.32 Å². The maximum absolute atomic E-state index is 6.10. The Kier molecular flexibility index (Phi) is 5.69. The van der Waals surface area contributed by atoms with Gasteiger partial charge in [-0.1, -0.05) is 23.7 Å². The topological polar surface area (TPSA) is 21.3 Å². The Morgan fingerprint density at radius 3 is 2.87 bits per heavy atom. The molecule has 0 aliphatic carbocycles. The highest BCUT2D eigenvalue weighted by Gasteiger charge is 1.99. The summed E-state index contributed by atoms with van der Waals surface area (Å²) in [6.45, 7) is 4.62. The average molecular weight is 228 g/mol. The zero-order valence-corrected chi connectivity index (χ0v) is 10.1. The summed E-state index contributed by atoms with van der Waals surface area (Å²) in [6, 6.07) is 6.15. The van der Waals surface area contributed by atoms with Crippen molar-refractivity contribution in [1.82, 2.24) is 5.32 Å². The van der Waals surface area contributed by atoms with Gasteiger partial charge in [-0.15, -0.1) is 0 Å². The molecule has 1 aromatic carbocycles. The molecule has 0 radical (unpaired) electrons.